The molecule has 0 radical (unpaired) electrons. The Morgan fingerprint density at radius 2 is 1.02 bits per heavy atom. The van der Waals surface area contributed by atoms with Crippen LogP contribution in [0.15, 0.2) is 36.4 Å². The van der Waals surface area contributed by atoms with Gasteiger partial charge < -0.3 is 18.9 Å². The fraction of sp³-hybridized carbons (Fsp3) is 0.438. The Bertz CT molecular complexity index is 1750. The zero-order valence-electron chi connectivity index (χ0n) is 24.3. The van der Waals surface area contributed by atoms with E-state index in [1.165, 1.54) is 24.3 Å². The highest BCUT2D eigenvalue weighted by molar-refractivity contribution is 5.98. The average Bonchev–Trinajstić information content (AvgIpc) is 3.77. The first kappa shape index (κ1) is 30.5. The lowest BCUT2D eigenvalue weighted by Crippen LogP contribution is -2.44. The summed E-state index contributed by atoms with van der Waals surface area (Å²) in [7, 11) is 0. The Balaban J connectivity index is 1.42. The zero-order chi connectivity index (χ0) is 32.7. The Labute approximate surface area is 257 Å². The number of hydrogen-bond donors (Lipinski definition) is 0. The first-order valence-corrected chi connectivity index (χ1v) is 15.1. The van der Waals surface area contributed by atoms with Crippen molar-refractivity contribution in [3.05, 3.63) is 59.2 Å². The number of halogens is 8. The smallest absolute Gasteiger partial charge is 0.337 e. The number of amides is 2. The van der Waals surface area contributed by atoms with E-state index in [9.17, 15) is 44.7 Å². The fourth-order valence-corrected chi connectivity index (χ4v) is 7.84. The van der Waals surface area contributed by atoms with Gasteiger partial charge in [0.1, 0.15) is 11.6 Å². The highest BCUT2D eigenvalue weighted by Crippen LogP contribution is 2.45. The van der Waals surface area contributed by atoms with Crippen LogP contribution in [0.3, 0.4) is 0 Å². The number of alkyl halides is 6. The molecule has 7 rings (SSSR count). The van der Waals surface area contributed by atoms with E-state index in [4.69, 9.17) is 0 Å². The summed E-state index contributed by atoms with van der Waals surface area (Å²) < 4.78 is 114. The van der Waals surface area contributed by atoms with E-state index in [-0.39, 0.29) is 25.9 Å². The molecule has 3 aliphatic rings. The second kappa shape index (κ2) is 10.7. The molecule has 3 aliphatic heterocycles. The molecular weight excluding hydrogens is 624 g/mol. The first-order valence-electron chi connectivity index (χ1n) is 15.1. The molecule has 46 heavy (non-hydrogen) atoms. The topological polar surface area (TPSA) is 50.5 Å². The molecule has 2 aromatic heterocycles. The van der Waals surface area contributed by atoms with Gasteiger partial charge in [-0.3, -0.25) is 9.59 Å². The van der Waals surface area contributed by atoms with Crippen molar-refractivity contribution in [1.29, 1.82) is 0 Å². The van der Waals surface area contributed by atoms with Crippen molar-refractivity contribution in [2.75, 3.05) is 13.1 Å². The maximum Gasteiger partial charge on any atom is 0.471 e. The van der Waals surface area contributed by atoms with Crippen LogP contribution in [0.2, 0.25) is 0 Å². The van der Waals surface area contributed by atoms with Crippen molar-refractivity contribution < 1.29 is 44.7 Å². The molecule has 2 aromatic carbocycles. The minimum Gasteiger partial charge on any atom is -0.337 e. The number of hydrogen-bond acceptors (Lipinski definition) is 2. The van der Waals surface area contributed by atoms with Gasteiger partial charge in [0, 0.05) is 49.0 Å². The van der Waals surface area contributed by atoms with Gasteiger partial charge in [0.2, 0.25) is 0 Å². The first-order chi connectivity index (χ1) is 21.7. The number of rotatable bonds is 4. The average molecular weight is 653 g/mol. The number of carbonyl (C=O) groups excluding carboxylic acids is 2. The molecule has 14 heteroatoms. The number of benzene rings is 2. The third kappa shape index (κ3) is 4.91. The van der Waals surface area contributed by atoms with Crippen LogP contribution >= 0.6 is 0 Å². The van der Waals surface area contributed by atoms with Crippen molar-refractivity contribution in [3.8, 4) is 11.4 Å². The summed E-state index contributed by atoms with van der Waals surface area (Å²) in [5.41, 5.74) is 3.19. The number of nitrogens with zero attached hydrogens (tertiary/aromatic N) is 4. The second-order valence-corrected chi connectivity index (χ2v) is 12.3. The van der Waals surface area contributed by atoms with Crippen LogP contribution in [-0.4, -0.2) is 68.3 Å². The molecule has 6 nitrogen and oxygen atoms in total. The van der Waals surface area contributed by atoms with Crippen molar-refractivity contribution in [1.82, 2.24) is 18.9 Å². The summed E-state index contributed by atoms with van der Waals surface area (Å²) in [6.45, 7) is 0.474. The van der Waals surface area contributed by atoms with E-state index in [0.29, 0.717) is 83.1 Å². The molecule has 2 unspecified atom stereocenters. The van der Waals surface area contributed by atoms with Crippen LogP contribution in [0.5, 0.6) is 0 Å². The van der Waals surface area contributed by atoms with Crippen LogP contribution in [-0.2, 0) is 35.5 Å². The van der Waals surface area contributed by atoms with E-state index >= 15 is 0 Å². The van der Waals surface area contributed by atoms with Gasteiger partial charge in [0.15, 0.2) is 0 Å². The summed E-state index contributed by atoms with van der Waals surface area (Å²) >= 11 is 0. The number of fused-ring (bicyclic) bond motifs is 7. The highest BCUT2D eigenvalue weighted by Gasteiger charge is 2.48. The summed E-state index contributed by atoms with van der Waals surface area (Å²) in [5, 5.41) is 1.15. The molecule has 4 aromatic rings. The predicted octanol–water partition coefficient (Wildman–Crippen LogP) is 6.75. The largest absolute Gasteiger partial charge is 0.471 e. The third-order valence-electron chi connectivity index (χ3n) is 9.67. The predicted molar refractivity (Wildman–Crippen MR) is 152 cm³/mol. The number of aromatic nitrogens is 2. The summed E-state index contributed by atoms with van der Waals surface area (Å²) in [6, 6.07) is 6.63. The molecule has 0 spiro atoms. The van der Waals surface area contributed by atoms with Crippen molar-refractivity contribution in [2.45, 2.75) is 76.1 Å². The van der Waals surface area contributed by atoms with Crippen molar-refractivity contribution in [3.63, 3.8) is 0 Å². The Morgan fingerprint density at radius 1 is 0.630 bits per heavy atom. The third-order valence-corrected chi connectivity index (χ3v) is 9.67. The molecule has 2 amide bonds. The van der Waals surface area contributed by atoms with E-state index in [2.05, 4.69) is 0 Å². The van der Waals surface area contributed by atoms with E-state index < -0.39 is 47.9 Å². The number of likely N-dealkylation sites (tertiary alicyclic amines) is 2. The summed E-state index contributed by atoms with van der Waals surface area (Å²) in [5.74, 6) is -4.93. The van der Waals surface area contributed by atoms with Gasteiger partial charge in [0.25, 0.3) is 0 Å². The second-order valence-electron chi connectivity index (χ2n) is 12.3. The lowest BCUT2D eigenvalue weighted by Gasteiger charge is -2.28. The van der Waals surface area contributed by atoms with Crippen LogP contribution in [0, 0.1) is 11.6 Å². The standard InChI is InChI=1S/C32H28F8N4O2/c33-17-5-7-21-23(15-19-3-1-9-41(19)29(45)31(35,36)37)27-28-24(16-20-4-2-10-42(20)30(46)32(38,39)40)22-8-6-18(34)14-26(22)44(28)12-11-43(27)25(21)13-17/h5-8,13-14,19-20H,1-4,9-12,15-16H2. The zero-order valence-corrected chi connectivity index (χ0v) is 24.3. The molecule has 5 heterocycles. The lowest BCUT2D eigenvalue weighted by molar-refractivity contribution is -0.186. The summed E-state index contributed by atoms with van der Waals surface area (Å²) in [6.07, 6.45) is -8.72. The normalized spacial score (nSPS) is 20.2. The quantitative estimate of drug-likeness (QED) is 0.229. The molecule has 2 saturated heterocycles. The van der Waals surface area contributed by atoms with Gasteiger partial charge >= 0.3 is 24.2 Å². The molecular formula is C32H28F8N4O2. The van der Waals surface area contributed by atoms with Crippen LogP contribution in [0.1, 0.15) is 36.8 Å². The maximum absolute atomic E-state index is 14.6. The van der Waals surface area contributed by atoms with Gasteiger partial charge in [-0.1, -0.05) is 0 Å². The molecule has 0 bridgehead atoms. The Hall–Kier alpha value is -4.10. The van der Waals surface area contributed by atoms with Crippen molar-refractivity contribution >= 4 is 33.6 Å². The maximum atomic E-state index is 14.6. The van der Waals surface area contributed by atoms with E-state index in [1.54, 1.807) is 12.1 Å². The number of carbonyl (C=O) groups is 2. The molecule has 0 aliphatic carbocycles. The van der Waals surface area contributed by atoms with Crippen LogP contribution in [0.25, 0.3) is 33.2 Å². The van der Waals surface area contributed by atoms with Gasteiger partial charge in [0.05, 0.1) is 22.4 Å². The Morgan fingerprint density at radius 3 is 1.39 bits per heavy atom. The molecule has 0 N–H and O–H groups in total. The minimum absolute atomic E-state index is 0.0176. The fourth-order valence-electron chi connectivity index (χ4n) is 7.84. The molecule has 2 fully saturated rings. The van der Waals surface area contributed by atoms with Gasteiger partial charge in [-0.05, 0) is 86.1 Å². The Kier molecular flexibility index (Phi) is 7.13. The van der Waals surface area contributed by atoms with E-state index in [0.717, 1.165) is 9.80 Å². The van der Waals surface area contributed by atoms with Crippen molar-refractivity contribution in [2.24, 2.45) is 0 Å². The van der Waals surface area contributed by atoms with Crippen LogP contribution in [0.4, 0.5) is 35.1 Å². The van der Waals surface area contributed by atoms with E-state index in [1.807, 2.05) is 9.13 Å². The summed E-state index contributed by atoms with van der Waals surface area (Å²) in [4.78, 5) is 26.4. The number of aryl methyl sites for hydroxylation is 2. The molecule has 2 atom stereocenters. The van der Waals surface area contributed by atoms with Crippen LogP contribution < -0.4 is 0 Å². The monoisotopic (exact) mass is 652 g/mol. The van der Waals surface area contributed by atoms with Gasteiger partial charge in [-0.2, -0.15) is 26.3 Å². The van der Waals surface area contributed by atoms with Gasteiger partial charge in [-0.25, -0.2) is 8.78 Å². The van der Waals surface area contributed by atoms with Gasteiger partial charge in [-0.15, -0.1) is 0 Å². The SMILES string of the molecule is O=C(N1CCCC1Cc1c2n(c3cc(F)ccc13)CCn1c-2c(CC2CCCN2C(=O)C(F)(F)F)c2ccc(F)cc21)C(F)(F)F. The highest BCUT2D eigenvalue weighted by atomic mass is 19.4. The molecule has 244 valence electrons. The lowest BCUT2D eigenvalue weighted by atomic mass is 9.94. The minimum atomic E-state index is -5.06. The molecule has 0 saturated carbocycles.